The molecule has 0 saturated heterocycles. The van der Waals surface area contributed by atoms with Gasteiger partial charge in [-0.2, -0.15) is 15.5 Å². The van der Waals surface area contributed by atoms with Gasteiger partial charge in [-0.3, -0.25) is 0 Å². The van der Waals surface area contributed by atoms with Crippen LogP contribution in [0.1, 0.15) is 65.8 Å². The Bertz CT molecular complexity index is 1280. The second-order valence-electron chi connectivity index (χ2n) is 8.65. The minimum Gasteiger partial charge on any atom is -0.494 e. The molecular weight excluding hydrogens is 510 g/mol. The summed E-state index contributed by atoms with van der Waals surface area (Å²) < 4.78 is 21.7. The van der Waals surface area contributed by atoms with Gasteiger partial charge in [0.15, 0.2) is 0 Å². The molecule has 0 aliphatic rings. The molecule has 3 aromatic carbocycles. The van der Waals surface area contributed by atoms with Crippen molar-refractivity contribution in [2.24, 2.45) is 10.2 Å². The minimum atomic E-state index is -0.513. The van der Waals surface area contributed by atoms with E-state index in [1.807, 2.05) is 24.3 Å². The number of hydrogen-bond acceptors (Lipinski definition) is 9. The van der Waals surface area contributed by atoms with Crippen LogP contribution in [-0.2, 0) is 9.47 Å². The van der Waals surface area contributed by atoms with Gasteiger partial charge in [0.25, 0.3) is 0 Å². The third-order valence-corrected chi connectivity index (χ3v) is 5.62. The summed E-state index contributed by atoms with van der Waals surface area (Å²) in [5.41, 5.74) is 2.47. The van der Waals surface area contributed by atoms with Crippen molar-refractivity contribution in [3.05, 3.63) is 83.4 Å². The number of hydrogen-bond donors (Lipinski definition) is 0. The zero-order valence-electron chi connectivity index (χ0n) is 22.8. The van der Waals surface area contributed by atoms with Crippen molar-refractivity contribution in [1.29, 1.82) is 5.26 Å². The fourth-order valence-corrected chi connectivity index (χ4v) is 3.61. The molecule has 0 spiro atoms. The number of azo groups is 1. The zero-order chi connectivity index (χ0) is 28.6. The predicted molar refractivity (Wildman–Crippen MR) is 150 cm³/mol. The van der Waals surface area contributed by atoms with Crippen LogP contribution in [0.3, 0.4) is 0 Å². The van der Waals surface area contributed by atoms with Crippen LogP contribution in [0.25, 0.3) is 0 Å². The number of benzene rings is 3. The minimum absolute atomic E-state index is 0.237. The van der Waals surface area contributed by atoms with Crippen molar-refractivity contribution in [2.75, 3.05) is 26.4 Å². The first-order valence-corrected chi connectivity index (χ1v) is 13.3. The van der Waals surface area contributed by atoms with Gasteiger partial charge in [0.2, 0.25) is 0 Å². The lowest BCUT2D eigenvalue weighted by atomic mass is 10.1. The lowest BCUT2D eigenvalue weighted by Gasteiger charge is -2.11. The van der Waals surface area contributed by atoms with Gasteiger partial charge in [-0.25, -0.2) is 9.59 Å². The maximum atomic E-state index is 12.2. The first-order valence-electron chi connectivity index (χ1n) is 13.3. The lowest BCUT2D eigenvalue weighted by molar-refractivity contribution is 0.0524. The van der Waals surface area contributed by atoms with Crippen LogP contribution in [0.5, 0.6) is 11.5 Å². The Labute approximate surface area is 234 Å². The molecule has 0 bridgehead atoms. The predicted octanol–water partition coefficient (Wildman–Crippen LogP) is 7.35. The third-order valence-electron chi connectivity index (χ3n) is 5.62. The average molecular weight is 544 g/mol. The molecule has 0 N–H and O–H groups in total. The molecule has 9 heteroatoms. The van der Waals surface area contributed by atoms with Gasteiger partial charge >= 0.3 is 11.9 Å². The standard InChI is InChI=1S/C31H33N3O6/c1-3-37-30(35)24-19-25(31(36)38-4-2)21-29(20-24)40-18-8-6-5-7-17-39-28-15-13-27(14-16-28)34-33-26-11-9-23(22-32)10-12-26/h9-16,19-21H,3-8,17-18H2,1-2H3/b34-33+. The summed E-state index contributed by atoms with van der Waals surface area (Å²) in [7, 11) is 0. The van der Waals surface area contributed by atoms with Crippen molar-refractivity contribution < 1.29 is 28.5 Å². The summed E-state index contributed by atoms with van der Waals surface area (Å²) in [5, 5.41) is 17.2. The summed E-state index contributed by atoms with van der Waals surface area (Å²) in [4.78, 5) is 24.3. The Morgan fingerprint density at radius 3 is 1.62 bits per heavy atom. The van der Waals surface area contributed by atoms with Gasteiger partial charge in [-0.05, 0) is 106 Å². The first kappa shape index (κ1) is 29.8. The van der Waals surface area contributed by atoms with Gasteiger partial charge in [0, 0.05) is 0 Å². The molecule has 0 heterocycles. The van der Waals surface area contributed by atoms with Crippen molar-refractivity contribution in [1.82, 2.24) is 0 Å². The number of carbonyl (C=O) groups is 2. The molecule has 3 aromatic rings. The lowest BCUT2D eigenvalue weighted by Crippen LogP contribution is -2.10. The topological polar surface area (TPSA) is 120 Å². The van der Waals surface area contributed by atoms with E-state index in [9.17, 15) is 9.59 Å². The number of rotatable bonds is 15. The van der Waals surface area contributed by atoms with Crippen LogP contribution in [-0.4, -0.2) is 38.4 Å². The Balaban J connectivity index is 1.36. The van der Waals surface area contributed by atoms with E-state index < -0.39 is 11.9 Å². The Morgan fingerprint density at radius 1 is 0.675 bits per heavy atom. The van der Waals surface area contributed by atoms with E-state index in [0.29, 0.717) is 35.9 Å². The van der Waals surface area contributed by atoms with Crippen LogP contribution in [0.15, 0.2) is 77.0 Å². The molecule has 0 aromatic heterocycles. The van der Waals surface area contributed by atoms with Crippen molar-refractivity contribution in [3.63, 3.8) is 0 Å². The highest BCUT2D eigenvalue weighted by atomic mass is 16.5. The van der Waals surface area contributed by atoms with E-state index >= 15 is 0 Å². The maximum Gasteiger partial charge on any atom is 0.338 e. The molecule has 0 unspecified atom stereocenters. The number of unbranched alkanes of at least 4 members (excludes halogenated alkanes) is 3. The quantitative estimate of drug-likeness (QED) is 0.112. The molecule has 0 radical (unpaired) electrons. The van der Waals surface area contributed by atoms with Gasteiger partial charge < -0.3 is 18.9 Å². The van der Waals surface area contributed by atoms with Crippen LogP contribution >= 0.6 is 0 Å². The van der Waals surface area contributed by atoms with Gasteiger partial charge in [-0.1, -0.05) is 0 Å². The monoisotopic (exact) mass is 543 g/mol. The van der Waals surface area contributed by atoms with E-state index in [2.05, 4.69) is 16.3 Å². The summed E-state index contributed by atoms with van der Waals surface area (Å²) in [6.45, 7) is 4.97. The average Bonchev–Trinajstić information content (AvgIpc) is 2.98. The molecule has 0 atom stereocenters. The molecule has 3 rings (SSSR count). The second kappa shape index (κ2) is 16.3. The molecule has 40 heavy (non-hydrogen) atoms. The van der Waals surface area contributed by atoms with Gasteiger partial charge in [0.1, 0.15) is 11.5 Å². The summed E-state index contributed by atoms with van der Waals surface area (Å²) >= 11 is 0. The van der Waals surface area contributed by atoms with Crippen LogP contribution < -0.4 is 9.47 Å². The van der Waals surface area contributed by atoms with E-state index in [1.165, 1.54) is 6.07 Å². The smallest absolute Gasteiger partial charge is 0.338 e. The SMILES string of the molecule is CCOC(=O)c1cc(OCCCCCCOc2ccc(/N=N/c3ccc(C#N)cc3)cc2)cc(C(=O)OCC)c1. The molecule has 0 amide bonds. The van der Waals surface area contributed by atoms with Crippen LogP contribution in [0.4, 0.5) is 11.4 Å². The van der Waals surface area contributed by atoms with E-state index in [0.717, 1.165) is 31.4 Å². The van der Waals surface area contributed by atoms with E-state index in [-0.39, 0.29) is 24.3 Å². The number of esters is 2. The molecule has 9 nitrogen and oxygen atoms in total. The molecule has 0 aliphatic heterocycles. The summed E-state index contributed by atoms with van der Waals surface area (Å²) in [6.07, 6.45) is 3.63. The number of carbonyl (C=O) groups excluding carboxylic acids is 2. The number of ether oxygens (including phenoxy) is 4. The number of nitrogens with zero attached hydrogens (tertiary/aromatic N) is 3. The van der Waals surface area contributed by atoms with E-state index in [1.54, 1.807) is 50.2 Å². The highest BCUT2D eigenvalue weighted by Gasteiger charge is 2.15. The highest BCUT2D eigenvalue weighted by molar-refractivity contribution is 5.96. The van der Waals surface area contributed by atoms with Gasteiger partial charge in [0.05, 0.1) is 60.6 Å². The first-order chi connectivity index (χ1) is 19.5. The zero-order valence-corrected chi connectivity index (χ0v) is 22.8. The van der Waals surface area contributed by atoms with Crippen LogP contribution in [0.2, 0.25) is 0 Å². The molecule has 208 valence electrons. The van der Waals surface area contributed by atoms with Crippen molar-refractivity contribution >= 4 is 23.3 Å². The second-order valence-corrected chi connectivity index (χ2v) is 8.65. The fourth-order valence-electron chi connectivity index (χ4n) is 3.61. The third kappa shape index (κ3) is 9.87. The fraction of sp³-hybridized carbons (Fsp3) is 0.323. The Morgan fingerprint density at radius 2 is 1.15 bits per heavy atom. The number of nitriles is 1. The molecule has 0 aliphatic carbocycles. The molecular formula is C31H33N3O6. The van der Waals surface area contributed by atoms with Crippen molar-refractivity contribution in [2.45, 2.75) is 39.5 Å². The van der Waals surface area contributed by atoms with E-state index in [4.69, 9.17) is 24.2 Å². The highest BCUT2D eigenvalue weighted by Crippen LogP contribution is 2.22. The summed E-state index contributed by atoms with van der Waals surface area (Å²) in [5.74, 6) is 0.164. The van der Waals surface area contributed by atoms with Gasteiger partial charge in [-0.15, -0.1) is 0 Å². The Hall–Kier alpha value is -4.71. The molecule has 0 fully saturated rings. The van der Waals surface area contributed by atoms with Crippen molar-refractivity contribution in [3.8, 4) is 17.6 Å². The normalized spacial score (nSPS) is 10.6. The van der Waals surface area contributed by atoms with Crippen LogP contribution in [0, 0.1) is 11.3 Å². The Kier molecular flexibility index (Phi) is 12.2. The maximum absolute atomic E-state index is 12.2. The largest absolute Gasteiger partial charge is 0.494 e. The summed E-state index contributed by atoms with van der Waals surface area (Å²) in [6, 6.07) is 21.0. The molecule has 0 saturated carbocycles.